The van der Waals surface area contributed by atoms with E-state index in [1.165, 1.54) is 30.6 Å². The average molecular weight is 247 g/mol. The lowest BCUT2D eigenvalue weighted by atomic mass is 9.98. The van der Waals surface area contributed by atoms with Gasteiger partial charge in [0.05, 0.1) is 5.69 Å². The van der Waals surface area contributed by atoms with E-state index in [9.17, 15) is 0 Å². The van der Waals surface area contributed by atoms with Gasteiger partial charge < -0.3 is 10.2 Å². The third-order valence-electron chi connectivity index (χ3n) is 4.13. The average Bonchev–Trinajstić information content (AvgIpc) is 2.40. The summed E-state index contributed by atoms with van der Waals surface area (Å²) in [6.45, 7) is 6.61. The van der Waals surface area contributed by atoms with Crippen molar-refractivity contribution in [2.45, 2.75) is 51.7 Å². The lowest BCUT2D eigenvalue weighted by Gasteiger charge is -2.35. The van der Waals surface area contributed by atoms with Crippen molar-refractivity contribution in [3.8, 4) is 0 Å². The van der Waals surface area contributed by atoms with Crippen LogP contribution in [-0.2, 0) is 13.0 Å². The first-order chi connectivity index (χ1) is 8.70. The highest BCUT2D eigenvalue weighted by Gasteiger charge is 2.22. The zero-order valence-electron chi connectivity index (χ0n) is 11.8. The predicted molar refractivity (Wildman–Crippen MR) is 75.6 cm³/mol. The molecule has 1 saturated heterocycles. The van der Waals surface area contributed by atoms with Crippen molar-refractivity contribution in [1.29, 1.82) is 0 Å². The van der Waals surface area contributed by atoms with Crippen LogP contribution in [0.15, 0.2) is 18.3 Å². The zero-order chi connectivity index (χ0) is 13.0. The minimum absolute atomic E-state index is 0.642. The van der Waals surface area contributed by atoms with Gasteiger partial charge in [-0.25, -0.2) is 0 Å². The predicted octanol–water partition coefficient (Wildman–Crippen LogP) is 2.22. The van der Waals surface area contributed by atoms with Gasteiger partial charge in [-0.1, -0.05) is 13.0 Å². The molecule has 0 saturated carbocycles. The van der Waals surface area contributed by atoms with Crippen molar-refractivity contribution in [3.05, 3.63) is 29.6 Å². The van der Waals surface area contributed by atoms with Crippen LogP contribution >= 0.6 is 0 Å². The molecule has 18 heavy (non-hydrogen) atoms. The number of likely N-dealkylation sites (tertiary alicyclic amines) is 1. The Morgan fingerprint density at radius 3 is 3.06 bits per heavy atom. The Balaban J connectivity index is 1.88. The van der Waals surface area contributed by atoms with Gasteiger partial charge in [0.1, 0.15) is 0 Å². The molecule has 1 fully saturated rings. The Morgan fingerprint density at radius 1 is 1.50 bits per heavy atom. The van der Waals surface area contributed by atoms with Crippen molar-refractivity contribution < 1.29 is 0 Å². The summed E-state index contributed by atoms with van der Waals surface area (Å²) in [6, 6.07) is 5.54. The highest BCUT2D eigenvalue weighted by molar-refractivity contribution is 5.19. The second kappa shape index (κ2) is 6.30. The SMILES string of the molecule is CCc1cccnc1CNC1CCN(C)C(C)C1. The molecule has 2 atom stereocenters. The maximum absolute atomic E-state index is 4.49. The van der Waals surface area contributed by atoms with Crippen molar-refractivity contribution in [2.24, 2.45) is 0 Å². The number of hydrogen-bond acceptors (Lipinski definition) is 3. The fourth-order valence-electron chi connectivity index (χ4n) is 2.67. The van der Waals surface area contributed by atoms with Crippen LogP contribution in [-0.4, -0.2) is 35.6 Å². The molecule has 2 unspecified atom stereocenters. The van der Waals surface area contributed by atoms with E-state index in [0.717, 1.165) is 13.0 Å². The number of nitrogens with zero attached hydrogens (tertiary/aromatic N) is 2. The van der Waals surface area contributed by atoms with Crippen LogP contribution in [0.3, 0.4) is 0 Å². The first-order valence-electron chi connectivity index (χ1n) is 7.07. The molecule has 0 aliphatic carbocycles. The van der Waals surface area contributed by atoms with Gasteiger partial charge in [0.15, 0.2) is 0 Å². The van der Waals surface area contributed by atoms with E-state index in [-0.39, 0.29) is 0 Å². The van der Waals surface area contributed by atoms with E-state index in [4.69, 9.17) is 0 Å². The zero-order valence-corrected chi connectivity index (χ0v) is 11.8. The molecule has 1 aromatic heterocycles. The highest BCUT2D eigenvalue weighted by atomic mass is 15.1. The Kier molecular flexibility index (Phi) is 4.72. The second-order valence-electron chi connectivity index (χ2n) is 5.39. The number of hydrogen-bond donors (Lipinski definition) is 1. The number of pyridine rings is 1. The Labute approximate surface area is 111 Å². The van der Waals surface area contributed by atoms with Gasteiger partial charge in [0, 0.05) is 24.8 Å². The third-order valence-corrected chi connectivity index (χ3v) is 4.13. The standard InChI is InChI=1S/C15H25N3/c1-4-13-6-5-8-16-15(13)11-17-14-7-9-18(3)12(2)10-14/h5-6,8,12,14,17H,4,7,9-11H2,1-3H3. The summed E-state index contributed by atoms with van der Waals surface area (Å²) < 4.78 is 0. The molecule has 1 aliphatic heterocycles. The normalized spacial score (nSPS) is 25.3. The Bertz CT molecular complexity index is 378. The van der Waals surface area contributed by atoms with Gasteiger partial charge in [-0.3, -0.25) is 4.98 Å². The van der Waals surface area contributed by atoms with Crippen molar-refractivity contribution in [1.82, 2.24) is 15.2 Å². The first kappa shape index (κ1) is 13.5. The van der Waals surface area contributed by atoms with Gasteiger partial charge >= 0.3 is 0 Å². The van der Waals surface area contributed by atoms with E-state index in [1.54, 1.807) is 0 Å². The van der Waals surface area contributed by atoms with Crippen LogP contribution in [0.2, 0.25) is 0 Å². The van der Waals surface area contributed by atoms with E-state index >= 15 is 0 Å². The quantitative estimate of drug-likeness (QED) is 0.884. The summed E-state index contributed by atoms with van der Waals surface area (Å²) in [7, 11) is 2.22. The van der Waals surface area contributed by atoms with Crippen LogP contribution in [0.4, 0.5) is 0 Å². The minimum atomic E-state index is 0.642. The molecule has 0 bridgehead atoms. The fourth-order valence-corrected chi connectivity index (χ4v) is 2.67. The number of aromatic nitrogens is 1. The molecule has 0 aromatic carbocycles. The van der Waals surface area contributed by atoms with Crippen LogP contribution < -0.4 is 5.32 Å². The minimum Gasteiger partial charge on any atom is -0.308 e. The number of piperidine rings is 1. The van der Waals surface area contributed by atoms with Gasteiger partial charge in [0.25, 0.3) is 0 Å². The van der Waals surface area contributed by atoms with Crippen LogP contribution in [0.25, 0.3) is 0 Å². The molecule has 3 heteroatoms. The van der Waals surface area contributed by atoms with Crippen molar-refractivity contribution in [3.63, 3.8) is 0 Å². The molecule has 1 aromatic rings. The number of aryl methyl sites for hydroxylation is 1. The molecule has 0 spiro atoms. The first-order valence-corrected chi connectivity index (χ1v) is 7.07. The summed E-state index contributed by atoms with van der Waals surface area (Å²) in [5, 5.41) is 3.67. The molecule has 2 heterocycles. The van der Waals surface area contributed by atoms with Crippen LogP contribution in [0.5, 0.6) is 0 Å². The van der Waals surface area contributed by atoms with E-state index in [0.29, 0.717) is 12.1 Å². The Morgan fingerprint density at radius 2 is 2.33 bits per heavy atom. The molecule has 1 N–H and O–H groups in total. The van der Waals surface area contributed by atoms with Crippen molar-refractivity contribution >= 4 is 0 Å². The topological polar surface area (TPSA) is 28.2 Å². The largest absolute Gasteiger partial charge is 0.308 e. The number of rotatable bonds is 4. The van der Waals surface area contributed by atoms with Crippen LogP contribution in [0.1, 0.15) is 37.9 Å². The monoisotopic (exact) mass is 247 g/mol. The molecule has 3 nitrogen and oxygen atoms in total. The molecule has 1 aliphatic rings. The summed E-state index contributed by atoms with van der Waals surface area (Å²) in [5.74, 6) is 0. The summed E-state index contributed by atoms with van der Waals surface area (Å²) >= 11 is 0. The third kappa shape index (κ3) is 3.30. The molecule has 100 valence electrons. The van der Waals surface area contributed by atoms with Crippen LogP contribution in [0, 0.1) is 0 Å². The van der Waals surface area contributed by atoms with Gasteiger partial charge in [-0.05, 0) is 51.4 Å². The summed E-state index contributed by atoms with van der Waals surface area (Å²) in [5.41, 5.74) is 2.58. The maximum atomic E-state index is 4.49. The van der Waals surface area contributed by atoms with Gasteiger partial charge in [-0.15, -0.1) is 0 Å². The van der Waals surface area contributed by atoms with Gasteiger partial charge in [-0.2, -0.15) is 0 Å². The molecular weight excluding hydrogens is 222 g/mol. The lowest BCUT2D eigenvalue weighted by molar-refractivity contribution is 0.168. The lowest BCUT2D eigenvalue weighted by Crippen LogP contribution is -2.45. The molecule has 2 rings (SSSR count). The molecule has 0 amide bonds. The summed E-state index contributed by atoms with van der Waals surface area (Å²) in [6.07, 6.45) is 5.45. The maximum Gasteiger partial charge on any atom is 0.0573 e. The van der Waals surface area contributed by atoms with Gasteiger partial charge in [0.2, 0.25) is 0 Å². The smallest absolute Gasteiger partial charge is 0.0573 e. The molecular formula is C15H25N3. The number of nitrogens with one attached hydrogen (secondary N) is 1. The Hall–Kier alpha value is -0.930. The fraction of sp³-hybridized carbons (Fsp3) is 0.667. The van der Waals surface area contributed by atoms with E-state index < -0.39 is 0 Å². The molecule has 0 radical (unpaired) electrons. The van der Waals surface area contributed by atoms with E-state index in [2.05, 4.69) is 42.2 Å². The highest BCUT2D eigenvalue weighted by Crippen LogP contribution is 2.16. The summed E-state index contributed by atoms with van der Waals surface area (Å²) in [4.78, 5) is 6.94. The van der Waals surface area contributed by atoms with Crippen molar-refractivity contribution in [2.75, 3.05) is 13.6 Å². The van der Waals surface area contributed by atoms with E-state index in [1.807, 2.05) is 12.3 Å². The second-order valence-corrected chi connectivity index (χ2v) is 5.39.